The van der Waals surface area contributed by atoms with Crippen molar-refractivity contribution in [1.29, 1.82) is 0 Å². The maximum Gasteiger partial charge on any atom is 0.362 e. The van der Waals surface area contributed by atoms with E-state index in [1.54, 1.807) is 0 Å². The molecule has 0 aliphatic carbocycles. The summed E-state index contributed by atoms with van der Waals surface area (Å²) in [5.74, 6) is -1.59. The number of hydrogen-bond donors (Lipinski definition) is 1. The topological polar surface area (TPSA) is 99.1 Å². The molecule has 0 rings (SSSR count). The van der Waals surface area contributed by atoms with E-state index in [-0.39, 0.29) is 49.1 Å². The van der Waals surface area contributed by atoms with Crippen molar-refractivity contribution in [3.05, 3.63) is 109 Å². The van der Waals surface area contributed by atoms with E-state index in [2.05, 4.69) is 123 Å². The second kappa shape index (κ2) is 44.6. The molecule has 0 heterocycles. The quantitative estimate of drug-likeness (QED) is 0.0214. The summed E-state index contributed by atoms with van der Waals surface area (Å²) in [5.41, 5.74) is 0. The van der Waals surface area contributed by atoms with Crippen LogP contribution in [0.25, 0.3) is 0 Å². The van der Waals surface area contributed by atoms with Crippen molar-refractivity contribution in [3.8, 4) is 0 Å². The van der Waals surface area contributed by atoms with Gasteiger partial charge in [0.1, 0.15) is 6.61 Å². The van der Waals surface area contributed by atoms with E-state index in [9.17, 15) is 19.5 Å². The number of aliphatic carboxylic acids is 1. The molecule has 1 N–H and O–H groups in total. The molecule has 0 fully saturated rings. The van der Waals surface area contributed by atoms with E-state index in [4.69, 9.17) is 14.2 Å². The van der Waals surface area contributed by atoms with Gasteiger partial charge in [-0.3, -0.25) is 9.59 Å². The molecule has 0 amide bonds. The highest BCUT2D eigenvalue weighted by molar-refractivity contribution is 5.72. The van der Waals surface area contributed by atoms with Gasteiger partial charge in [-0.15, -0.1) is 0 Å². The van der Waals surface area contributed by atoms with Crippen molar-refractivity contribution in [2.24, 2.45) is 0 Å². The van der Waals surface area contributed by atoms with Crippen molar-refractivity contribution >= 4 is 17.9 Å². The maximum atomic E-state index is 12.7. The minimum atomic E-state index is -0.891. The van der Waals surface area contributed by atoms with Gasteiger partial charge in [-0.25, -0.2) is 4.79 Å². The van der Waals surface area contributed by atoms with E-state index < -0.39 is 18.1 Å². The zero-order chi connectivity index (χ0) is 46.3. The highest BCUT2D eigenvalue weighted by Crippen LogP contribution is 2.12. The zero-order valence-corrected chi connectivity index (χ0v) is 40.5. The molecule has 0 spiro atoms. The third kappa shape index (κ3) is 43.0. The highest BCUT2D eigenvalue weighted by Gasteiger charge is 2.31. The molecule has 63 heavy (non-hydrogen) atoms. The zero-order valence-electron chi connectivity index (χ0n) is 40.5. The third-order valence-electron chi connectivity index (χ3n) is 10.2. The lowest BCUT2D eigenvalue weighted by molar-refractivity contribution is -0.887. The average molecular weight is 877 g/mol. The number of rotatable bonds is 42. The molecule has 0 aromatic carbocycles. The predicted molar refractivity (Wildman–Crippen MR) is 266 cm³/mol. The van der Waals surface area contributed by atoms with Gasteiger partial charge in [-0.05, 0) is 89.9 Å². The number of hydrogen-bond acceptors (Lipinski definition) is 6. The molecule has 0 aliphatic rings. The summed E-state index contributed by atoms with van der Waals surface area (Å²) in [5, 5.41) is 9.64. The molecule has 8 heteroatoms. The Bertz CT molecular complexity index is 1390. The highest BCUT2D eigenvalue weighted by atomic mass is 16.6. The minimum absolute atomic E-state index is 0.0249. The van der Waals surface area contributed by atoms with Crippen LogP contribution in [0, 0.1) is 0 Å². The smallest absolute Gasteiger partial charge is 0.362 e. The van der Waals surface area contributed by atoms with Gasteiger partial charge in [0.15, 0.2) is 12.1 Å². The van der Waals surface area contributed by atoms with Gasteiger partial charge >= 0.3 is 17.9 Å². The lowest BCUT2D eigenvalue weighted by Gasteiger charge is -2.31. The first-order valence-corrected chi connectivity index (χ1v) is 24.4. The summed E-state index contributed by atoms with van der Waals surface area (Å²) in [6, 6.07) is -0.635. The Kier molecular flexibility index (Phi) is 41.8. The van der Waals surface area contributed by atoms with Gasteiger partial charge in [0.2, 0.25) is 0 Å². The van der Waals surface area contributed by atoms with E-state index in [0.29, 0.717) is 19.3 Å². The Morgan fingerprint density at radius 1 is 0.508 bits per heavy atom. The lowest BCUT2D eigenvalue weighted by Crippen LogP contribution is -2.50. The Labute approximate surface area is 385 Å². The molecule has 0 radical (unpaired) electrons. The van der Waals surface area contributed by atoms with Crippen LogP contribution >= 0.6 is 0 Å². The van der Waals surface area contributed by atoms with Crippen LogP contribution in [0.2, 0.25) is 0 Å². The molecule has 356 valence electrons. The van der Waals surface area contributed by atoms with Gasteiger partial charge < -0.3 is 23.8 Å². The minimum Gasteiger partial charge on any atom is -0.477 e. The molecule has 0 saturated heterocycles. The van der Waals surface area contributed by atoms with Crippen molar-refractivity contribution < 1.29 is 38.2 Å². The average Bonchev–Trinajstić information content (AvgIpc) is 3.24. The number of esters is 2. The molecule has 2 unspecified atom stereocenters. The Morgan fingerprint density at radius 2 is 0.952 bits per heavy atom. The monoisotopic (exact) mass is 877 g/mol. The standard InChI is InChI=1S/C55H89NO7/c1-6-8-10-12-14-16-18-20-22-24-25-26-27-28-29-30-32-33-35-37-39-41-43-45-53(57)62-50-51(49-61-48-47-52(55(59)60)56(3,4)5)63-54(58)46-44-42-40-38-36-34-31-23-21-19-17-15-13-11-9-7-2/h8,10,14,16,20,22-23,25-26,28-29,31-34,36-37,39,51-52H,6-7,9,11-13,15,17-19,21,24,27,30,35,38,40-50H2,1-5H3/p+1/b10-8+,16-14+,22-20+,26-25+,29-28+,31-23+,33-32+,36-34+,39-37+. The van der Waals surface area contributed by atoms with Crippen LogP contribution < -0.4 is 0 Å². The van der Waals surface area contributed by atoms with E-state index in [0.717, 1.165) is 77.0 Å². The molecule has 8 nitrogen and oxygen atoms in total. The molecule has 0 saturated carbocycles. The SMILES string of the molecule is CC/C=C/C/C=C/C/C=C/C/C=C/C/C=C/C/C=C/C/C=C/CCCC(=O)OCC(COCCC(C(=O)O)[N+](C)(C)C)OC(=O)CCCCC/C=C/C=C/CCCCCCCCC. The number of likely N-dealkylation sites (N-methyl/N-ethyl adjacent to an activating group) is 1. The van der Waals surface area contributed by atoms with E-state index >= 15 is 0 Å². The first kappa shape index (κ1) is 59.0. The molecule has 0 bridgehead atoms. The molecular weight excluding hydrogens is 787 g/mol. The normalized spacial score (nSPS) is 13.9. The number of quaternary nitrogens is 1. The fourth-order valence-corrected chi connectivity index (χ4v) is 6.42. The molecule has 0 aromatic rings. The number of carbonyl (C=O) groups excluding carboxylic acids is 2. The maximum absolute atomic E-state index is 12.7. The number of unbranched alkanes of at least 4 members (excludes halogenated alkanes) is 11. The lowest BCUT2D eigenvalue weighted by atomic mass is 10.1. The summed E-state index contributed by atoms with van der Waals surface area (Å²) in [4.78, 5) is 37.1. The number of ether oxygens (including phenoxy) is 3. The van der Waals surface area contributed by atoms with Gasteiger partial charge in [0.25, 0.3) is 0 Å². The van der Waals surface area contributed by atoms with Gasteiger partial charge in [-0.2, -0.15) is 0 Å². The fourth-order valence-electron chi connectivity index (χ4n) is 6.42. The van der Waals surface area contributed by atoms with Crippen LogP contribution in [-0.2, 0) is 28.6 Å². The Balaban J connectivity index is 4.45. The van der Waals surface area contributed by atoms with Crippen molar-refractivity contribution in [2.45, 2.75) is 180 Å². The van der Waals surface area contributed by atoms with Crippen molar-refractivity contribution in [3.63, 3.8) is 0 Å². The summed E-state index contributed by atoms with van der Waals surface area (Å²) >= 11 is 0. The largest absolute Gasteiger partial charge is 0.477 e. The van der Waals surface area contributed by atoms with Crippen LogP contribution in [0.1, 0.15) is 168 Å². The Morgan fingerprint density at radius 3 is 1.44 bits per heavy atom. The van der Waals surface area contributed by atoms with E-state index in [1.165, 1.54) is 44.9 Å². The van der Waals surface area contributed by atoms with Crippen LogP contribution in [0.4, 0.5) is 0 Å². The van der Waals surface area contributed by atoms with Gasteiger partial charge in [0, 0.05) is 19.3 Å². The predicted octanol–water partition coefficient (Wildman–Crippen LogP) is 14.0. The number of carboxylic acids is 1. The summed E-state index contributed by atoms with van der Waals surface area (Å²) < 4.78 is 17.2. The molecule has 0 aromatic heterocycles. The van der Waals surface area contributed by atoms with Crippen LogP contribution in [0.5, 0.6) is 0 Å². The summed E-state index contributed by atoms with van der Waals surface area (Å²) in [6.07, 6.45) is 61.5. The van der Waals surface area contributed by atoms with Gasteiger partial charge in [0.05, 0.1) is 34.4 Å². The third-order valence-corrected chi connectivity index (χ3v) is 10.2. The van der Waals surface area contributed by atoms with Crippen LogP contribution in [0.3, 0.4) is 0 Å². The van der Waals surface area contributed by atoms with E-state index in [1.807, 2.05) is 21.1 Å². The number of nitrogens with zero attached hydrogens (tertiary/aromatic N) is 1. The number of carboxylic acid groups (broad SMARTS) is 1. The molecule has 2 atom stereocenters. The summed E-state index contributed by atoms with van der Waals surface area (Å²) in [7, 11) is 5.49. The molecular formula is C55H90NO7+. The molecule has 0 aliphatic heterocycles. The first-order valence-electron chi connectivity index (χ1n) is 24.4. The summed E-state index contributed by atoms with van der Waals surface area (Å²) in [6.45, 7) is 4.51. The number of carbonyl (C=O) groups is 3. The second-order valence-electron chi connectivity index (χ2n) is 17.0. The number of allylic oxidation sites excluding steroid dienone is 18. The Hall–Kier alpha value is -4.01. The first-order chi connectivity index (χ1) is 30.6. The van der Waals surface area contributed by atoms with Crippen molar-refractivity contribution in [1.82, 2.24) is 0 Å². The van der Waals surface area contributed by atoms with Crippen molar-refractivity contribution in [2.75, 3.05) is 41.0 Å². The second-order valence-corrected chi connectivity index (χ2v) is 17.0. The van der Waals surface area contributed by atoms with Crippen LogP contribution in [-0.4, -0.2) is 80.6 Å². The van der Waals surface area contributed by atoms with Crippen LogP contribution in [0.15, 0.2) is 109 Å². The fraction of sp³-hybridized carbons (Fsp3) is 0.618. The van der Waals surface area contributed by atoms with Gasteiger partial charge in [-0.1, -0.05) is 168 Å².